The van der Waals surface area contributed by atoms with E-state index >= 15 is 0 Å². The highest BCUT2D eigenvalue weighted by atomic mass is 32.1. The Morgan fingerprint density at radius 2 is 2.39 bits per heavy atom. The molecule has 6 heteroatoms. The first-order valence-electron chi connectivity index (χ1n) is 6.18. The lowest BCUT2D eigenvalue weighted by Gasteiger charge is -2.21. The molecule has 1 saturated heterocycles. The Labute approximate surface area is 113 Å². The van der Waals surface area contributed by atoms with Gasteiger partial charge in [-0.1, -0.05) is 12.2 Å². The summed E-state index contributed by atoms with van der Waals surface area (Å²) in [6, 6.07) is 0.315. The minimum Gasteiger partial charge on any atom is -0.389 e. The SMILES string of the molecule is Cc1nn(C)c(NC(C)C2CCOC2)c1C(N)=S. The Morgan fingerprint density at radius 3 is 2.94 bits per heavy atom. The fourth-order valence-corrected chi connectivity index (χ4v) is 2.64. The highest BCUT2D eigenvalue weighted by Gasteiger charge is 2.25. The van der Waals surface area contributed by atoms with Crippen LogP contribution in [0, 0.1) is 12.8 Å². The molecule has 100 valence electrons. The van der Waals surface area contributed by atoms with Crippen molar-refractivity contribution < 1.29 is 4.74 Å². The van der Waals surface area contributed by atoms with Crippen LogP contribution in [-0.2, 0) is 11.8 Å². The second-order valence-electron chi connectivity index (χ2n) is 4.85. The molecule has 5 nitrogen and oxygen atoms in total. The summed E-state index contributed by atoms with van der Waals surface area (Å²) in [5, 5.41) is 7.84. The smallest absolute Gasteiger partial charge is 0.134 e. The molecular weight excluding hydrogens is 248 g/mol. The third-order valence-electron chi connectivity index (χ3n) is 3.51. The van der Waals surface area contributed by atoms with Crippen LogP contribution < -0.4 is 11.1 Å². The molecule has 0 spiro atoms. The summed E-state index contributed by atoms with van der Waals surface area (Å²) in [5.74, 6) is 1.43. The second-order valence-corrected chi connectivity index (χ2v) is 5.29. The Hall–Kier alpha value is -1.14. The van der Waals surface area contributed by atoms with E-state index in [4.69, 9.17) is 22.7 Å². The zero-order valence-corrected chi connectivity index (χ0v) is 11.9. The van der Waals surface area contributed by atoms with Gasteiger partial charge >= 0.3 is 0 Å². The van der Waals surface area contributed by atoms with Crippen LogP contribution in [-0.4, -0.2) is 34.0 Å². The summed E-state index contributed by atoms with van der Waals surface area (Å²) in [4.78, 5) is 0.387. The van der Waals surface area contributed by atoms with Crippen molar-refractivity contribution >= 4 is 23.0 Å². The summed E-state index contributed by atoms with van der Waals surface area (Å²) in [6.45, 7) is 5.74. The average Bonchev–Trinajstić information content (AvgIpc) is 2.87. The lowest BCUT2D eigenvalue weighted by Crippen LogP contribution is -2.28. The summed E-state index contributed by atoms with van der Waals surface area (Å²) in [6.07, 6.45) is 1.09. The zero-order chi connectivity index (χ0) is 13.3. The van der Waals surface area contributed by atoms with Crippen LogP contribution in [0.3, 0.4) is 0 Å². The molecule has 3 N–H and O–H groups in total. The molecule has 0 bridgehead atoms. The van der Waals surface area contributed by atoms with Gasteiger partial charge in [-0.2, -0.15) is 5.10 Å². The van der Waals surface area contributed by atoms with Crippen molar-refractivity contribution in [3.05, 3.63) is 11.3 Å². The normalized spacial score (nSPS) is 20.9. The van der Waals surface area contributed by atoms with Crippen molar-refractivity contribution in [2.75, 3.05) is 18.5 Å². The van der Waals surface area contributed by atoms with Crippen LogP contribution in [0.4, 0.5) is 5.82 Å². The van der Waals surface area contributed by atoms with Gasteiger partial charge in [-0.25, -0.2) is 0 Å². The number of ether oxygens (including phenoxy) is 1. The van der Waals surface area contributed by atoms with E-state index in [9.17, 15) is 0 Å². The van der Waals surface area contributed by atoms with Crippen LogP contribution in [0.15, 0.2) is 0 Å². The maximum atomic E-state index is 5.77. The molecule has 1 aromatic rings. The number of aromatic nitrogens is 2. The highest BCUT2D eigenvalue weighted by Crippen LogP contribution is 2.24. The summed E-state index contributed by atoms with van der Waals surface area (Å²) in [7, 11) is 1.90. The number of hydrogen-bond acceptors (Lipinski definition) is 4. The Morgan fingerprint density at radius 1 is 1.67 bits per heavy atom. The minimum absolute atomic E-state index is 0.315. The molecule has 0 radical (unpaired) electrons. The van der Waals surface area contributed by atoms with Crippen molar-refractivity contribution in [3.63, 3.8) is 0 Å². The Bertz CT molecular complexity index is 451. The number of hydrogen-bond donors (Lipinski definition) is 2. The van der Waals surface area contributed by atoms with Gasteiger partial charge in [-0.05, 0) is 20.3 Å². The van der Waals surface area contributed by atoms with Crippen LogP contribution in [0.25, 0.3) is 0 Å². The molecule has 2 unspecified atom stereocenters. The van der Waals surface area contributed by atoms with E-state index in [0.717, 1.165) is 36.7 Å². The predicted molar refractivity (Wildman–Crippen MR) is 75.8 cm³/mol. The number of nitrogens with two attached hydrogens (primary N) is 1. The monoisotopic (exact) mass is 268 g/mol. The summed E-state index contributed by atoms with van der Waals surface area (Å²) < 4.78 is 7.22. The van der Waals surface area contributed by atoms with Gasteiger partial charge in [0.15, 0.2) is 0 Å². The molecule has 2 heterocycles. The Kier molecular flexibility index (Phi) is 3.87. The first-order valence-corrected chi connectivity index (χ1v) is 6.59. The van der Waals surface area contributed by atoms with E-state index in [2.05, 4.69) is 17.3 Å². The van der Waals surface area contributed by atoms with E-state index in [1.54, 1.807) is 4.68 Å². The highest BCUT2D eigenvalue weighted by molar-refractivity contribution is 7.80. The van der Waals surface area contributed by atoms with Crippen molar-refractivity contribution in [2.24, 2.45) is 18.7 Å². The van der Waals surface area contributed by atoms with Crippen molar-refractivity contribution in [2.45, 2.75) is 26.3 Å². The molecule has 1 aliphatic heterocycles. The van der Waals surface area contributed by atoms with Gasteiger partial charge in [0.05, 0.1) is 17.9 Å². The largest absolute Gasteiger partial charge is 0.389 e. The molecular formula is C12H20N4OS. The van der Waals surface area contributed by atoms with Gasteiger partial charge in [-0.3, -0.25) is 4.68 Å². The third kappa shape index (κ3) is 2.49. The lowest BCUT2D eigenvalue weighted by molar-refractivity contribution is 0.183. The van der Waals surface area contributed by atoms with Crippen LogP contribution >= 0.6 is 12.2 Å². The van der Waals surface area contributed by atoms with Crippen molar-refractivity contribution in [1.29, 1.82) is 0 Å². The quantitative estimate of drug-likeness (QED) is 0.803. The van der Waals surface area contributed by atoms with E-state index < -0.39 is 0 Å². The fraction of sp³-hybridized carbons (Fsp3) is 0.667. The fourth-order valence-electron chi connectivity index (χ4n) is 2.40. The molecule has 1 aromatic heterocycles. The van der Waals surface area contributed by atoms with Gasteiger partial charge in [0.25, 0.3) is 0 Å². The summed E-state index contributed by atoms with van der Waals surface area (Å²) >= 11 is 5.10. The standard InChI is InChI=1S/C12H20N4OS/c1-7(9-4-5-17-6-9)14-12-10(11(13)18)8(2)15-16(12)3/h7,9,14H,4-6H2,1-3H3,(H2,13,18). The number of thiocarbonyl (C=S) groups is 1. The lowest BCUT2D eigenvalue weighted by atomic mass is 10.0. The molecule has 0 saturated carbocycles. The van der Waals surface area contributed by atoms with Gasteiger partial charge in [0, 0.05) is 25.6 Å². The predicted octanol–water partition coefficient (Wildman–Crippen LogP) is 1.20. The van der Waals surface area contributed by atoms with Crippen LogP contribution in [0.2, 0.25) is 0 Å². The molecule has 2 rings (SSSR count). The molecule has 2 atom stereocenters. The maximum absolute atomic E-state index is 5.77. The Balaban J connectivity index is 2.20. The second kappa shape index (κ2) is 5.24. The van der Waals surface area contributed by atoms with E-state index in [0.29, 0.717) is 16.9 Å². The number of nitrogens with one attached hydrogen (secondary N) is 1. The molecule has 18 heavy (non-hydrogen) atoms. The van der Waals surface area contributed by atoms with Crippen LogP contribution in [0.1, 0.15) is 24.6 Å². The van der Waals surface area contributed by atoms with Gasteiger partial charge in [0.2, 0.25) is 0 Å². The zero-order valence-electron chi connectivity index (χ0n) is 11.1. The number of anilines is 1. The van der Waals surface area contributed by atoms with E-state index in [-0.39, 0.29) is 0 Å². The number of aryl methyl sites for hydroxylation is 2. The van der Waals surface area contributed by atoms with Gasteiger partial charge < -0.3 is 15.8 Å². The van der Waals surface area contributed by atoms with E-state index in [1.807, 2.05) is 14.0 Å². The number of nitrogens with zero attached hydrogens (tertiary/aromatic N) is 2. The summed E-state index contributed by atoms with van der Waals surface area (Å²) in [5.41, 5.74) is 7.48. The molecule has 0 aliphatic carbocycles. The molecule has 0 amide bonds. The maximum Gasteiger partial charge on any atom is 0.134 e. The van der Waals surface area contributed by atoms with Crippen molar-refractivity contribution in [1.82, 2.24) is 9.78 Å². The van der Waals surface area contributed by atoms with Crippen LogP contribution in [0.5, 0.6) is 0 Å². The van der Waals surface area contributed by atoms with Gasteiger partial charge in [-0.15, -0.1) is 0 Å². The number of rotatable bonds is 4. The first-order chi connectivity index (χ1) is 8.50. The molecule has 1 aliphatic rings. The minimum atomic E-state index is 0.315. The third-order valence-corrected chi connectivity index (χ3v) is 3.71. The molecule has 1 fully saturated rings. The molecule has 0 aromatic carbocycles. The average molecular weight is 268 g/mol. The van der Waals surface area contributed by atoms with Crippen molar-refractivity contribution in [3.8, 4) is 0 Å². The van der Waals surface area contributed by atoms with E-state index in [1.165, 1.54) is 0 Å². The first kappa shape index (κ1) is 13.3. The van der Waals surface area contributed by atoms with Gasteiger partial charge in [0.1, 0.15) is 10.8 Å². The topological polar surface area (TPSA) is 65.1 Å².